The van der Waals surface area contributed by atoms with Crippen LogP contribution in [-0.4, -0.2) is 54.6 Å². The Morgan fingerprint density at radius 2 is 2.04 bits per heavy atom. The van der Waals surface area contributed by atoms with Crippen molar-refractivity contribution < 1.29 is 27.4 Å². The second-order valence-corrected chi connectivity index (χ2v) is 7.46. The van der Waals surface area contributed by atoms with E-state index in [4.69, 9.17) is 9.47 Å². The number of alkyl halides is 2. The highest BCUT2D eigenvalue weighted by atomic mass is 19.3. The minimum Gasteiger partial charge on any atom is -0.481 e. The first kappa shape index (κ1) is 20.7. The van der Waals surface area contributed by atoms with Crippen LogP contribution in [0.1, 0.15) is 44.1 Å². The summed E-state index contributed by atoms with van der Waals surface area (Å²) in [7, 11) is 3.04. The molecule has 0 spiro atoms. The van der Waals surface area contributed by atoms with Crippen molar-refractivity contribution in [2.45, 2.75) is 63.1 Å². The fourth-order valence-electron chi connectivity index (χ4n) is 3.65. The van der Waals surface area contributed by atoms with Gasteiger partial charge in [0.05, 0.1) is 19.7 Å². The van der Waals surface area contributed by atoms with E-state index < -0.39 is 17.8 Å². The van der Waals surface area contributed by atoms with E-state index in [1.807, 2.05) is 0 Å². The third kappa shape index (κ3) is 4.87. The van der Waals surface area contributed by atoms with Gasteiger partial charge in [0.25, 0.3) is 5.88 Å². The van der Waals surface area contributed by atoms with Crippen LogP contribution in [0.2, 0.25) is 0 Å². The van der Waals surface area contributed by atoms with Crippen molar-refractivity contribution >= 4 is 5.91 Å². The number of methoxy groups -OCH3 is 1. The summed E-state index contributed by atoms with van der Waals surface area (Å²) in [6, 6.07) is 1.01. The lowest BCUT2D eigenvalue weighted by atomic mass is 9.94. The summed E-state index contributed by atoms with van der Waals surface area (Å²) in [5.41, 5.74) is 0.413. The highest BCUT2D eigenvalue weighted by molar-refractivity contribution is 5.82. The average Bonchev–Trinajstić information content (AvgIpc) is 3.19. The second kappa shape index (κ2) is 8.55. The molecule has 1 aromatic rings. The molecule has 1 aliphatic heterocycles. The summed E-state index contributed by atoms with van der Waals surface area (Å²) in [6.07, 6.45) is 0.944. The fraction of sp³-hybridized carbons (Fsp3) is 0.684. The second-order valence-electron chi connectivity index (χ2n) is 7.46. The van der Waals surface area contributed by atoms with E-state index in [1.165, 1.54) is 18.1 Å². The van der Waals surface area contributed by atoms with Crippen molar-refractivity contribution in [3.05, 3.63) is 17.4 Å². The van der Waals surface area contributed by atoms with Gasteiger partial charge in [-0.05, 0) is 38.3 Å². The van der Waals surface area contributed by atoms with E-state index in [0.717, 1.165) is 19.4 Å². The molecule has 0 aromatic carbocycles. The molecule has 0 radical (unpaired) electrons. The standard InChI is InChI=1S/C19H26F3N3O3/c1-25(18(26)15-4-3-9-23-15)11-12-10-14(20)17(24-16(12)27-2)28-13-5-7-19(21,22)8-6-13/h10,13,15,23H,3-9,11H2,1-2H3/t15-/m0/s1. The van der Waals surface area contributed by atoms with E-state index in [-0.39, 0.29) is 55.9 Å². The van der Waals surface area contributed by atoms with E-state index in [9.17, 15) is 18.0 Å². The lowest BCUT2D eigenvalue weighted by molar-refractivity contribution is -0.132. The molecule has 1 aromatic heterocycles. The summed E-state index contributed by atoms with van der Waals surface area (Å²) in [5.74, 6) is -3.56. The van der Waals surface area contributed by atoms with Crippen LogP contribution in [0.15, 0.2) is 6.07 Å². The molecule has 6 nitrogen and oxygen atoms in total. The van der Waals surface area contributed by atoms with Crippen LogP contribution < -0.4 is 14.8 Å². The molecule has 9 heteroatoms. The van der Waals surface area contributed by atoms with Gasteiger partial charge in [0.1, 0.15) is 6.10 Å². The minimum atomic E-state index is -2.68. The van der Waals surface area contributed by atoms with Gasteiger partial charge in [-0.25, -0.2) is 13.2 Å². The van der Waals surface area contributed by atoms with Gasteiger partial charge in [0.2, 0.25) is 17.7 Å². The van der Waals surface area contributed by atoms with Crippen molar-refractivity contribution in [2.75, 3.05) is 20.7 Å². The minimum absolute atomic E-state index is 0.0663. The average molecular weight is 401 g/mol. The number of rotatable bonds is 6. The fourth-order valence-corrected chi connectivity index (χ4v) is 3.65. The highest BCUT2D eigenvalue weighted by Crippen LogP contribution is 2.35. The number of amides is 1. The normalized spacial score (nSPS) is 22.1. The first-order chi connectivity index (χ1) is 13.3. The molecule has 0 bridgehead atoms. The summed E-state index contributed by atoms with van der Waals surface area (Å²) in [6.45, 7) is 0.947. The molecule has 2 aliphatic rings. The smallest absolute Gasteiger partial charge is 0.254 e. The lowest BCUT2D eigenvalue weighted by Crippen LogP contribution is -2.41. The van der Waals surface area contributed by atoms with Gasteiger partial charge in [0, 0.05) is 25.5 Å². The number of carbonyl (C=O) groups excluding carboxylic acids is 1. The van der Waals surface area contributed by atoms with E-state index >= 15 is 0 Å². The zero-order valence-corrected chi connectivity index (χ0v) is 16.1. The van der Waals surface area contributed by atoms with Crippen molar-refractivity contribution in [2.24, 2.45) is 0 Å². The van der Waals surface area contributed by atoms with Gasteiger partial charge in [-0.2, -0.15) is 4.98 Å². The zero-order valence-electron chi connectivity index (χ0n) is 16.1. The Morgan fingerprint density at radius 3 is 2.64 bits per heavy atom. The molecule has 156 valence electrons. The summed E-state index contributed by atoms with van der Waals surface area (Å²) in [5, 5.41) is 3.14. The maximum absolute atomic E-state index is 14.5. The van der Waals surface area contributed by atoms with Crippen LogP contribution >= 0.6 is 0 Å². The Labute approximate surface area is 162 Å². The van der Waals surface area contributed by atoms with Crippen molar-refractivity contribution in [1.29, 1.82) is 0 Å². The molecule has 3 rings (SSSR count). The van der Waals surface area contributed by atoms with Crippen LogP contribution in [0.5, 0.6) is 11.8 Å². The SMILES string of the molecule is COc1nc(OC2CCC(F)(F)CC2)c(F)cc1CN(C)C(=O)[C@@H]1CCCN1. The molecule has 1 N–H and O–H groups in total. The molecule has 0 unspecified atom stereocenters. The van der Waals surface area contributed by atoms with Crippen molar-refractivity contribution in [3.63, 3.8) is 0 Å². The number of nitrogens with zero attached hydrogens (tertiary/aromatic N) is 2. The van der Waals surface area contributed by atoms with Gasteiger partial charge < -0.3 is 19.7 Å². The maximum atomic E-state index is 14.5. The van der Waals surface area contributed by atoms with E-state index in [0.29, 0.717) is 5.56 Å². The Hall–Kier alpha value is -2.03. The number of ether oxygens (including phenoxy) is 2. The Balaban J connectivity index is 1.68. The van der Waals surface area contributed by atoms with E-state index in [1.54, 1.807) is 7.05 Å². The largest absolute Gasteiger partial charge is 0.481 e. The van der Waals surface area contributed by atoms with Crippen LogP contribution in [0, 0.1) is 5.82 Å². The summed E-state index contributed by atoms with van der Waals surface area (Å²) >= 11 is 0. The van der Waals surface area contributed by atoms with Gasteiger partial charge in [-0.15, -0.1) is 0 Å². The Kier molecular flexibility index (Phi) is 6.32. The number of nitrogens with one attached hydrogen (secondary N) is 1. The quantitative estimate of drug-likeness (QED) is 0.794. The Bertz CT molecular complexity index is 701. The molecule has 1 amide bonds. The molecule has 1 atom stereocenters. The number of hydrogen-bond acceptors (Lipinski definition) is 5. The number of hydrogen-bond donors (Lipinski definition) is 1. The first-order valence-corrected chi connectivity index (χ1v) is 9.55. The first-order valence-electron chi connectivity index (χ1n) is 9.55. The molecule has 1 saturated heterocycles. The maximum Gasteiger partial charge on any atom is 0.254 e. The summed E-state index contributed by atoms with van der Waals surface area (Å²) in [4.78, 5) is 18.0. The number of pyridine rings is 1. The number of halogens is 3. The van der Waals surface area contributed by atoms with Crippen LogP contribution in [0.25, 0.3) is 0 Å². The van der Waals surface area contributed by atoms with Gasteiger partial charge in [-0.1, -0.05) is 0 Å². The molecular weight excluding hydrogens is 375 g/mol. The van der Waals surface area contributed by atoms with Gasteiger partial charge in [0.15, 0.2) is 5.82 Å². The van der Waals surface area contributed by atoms with Gasteiger partial charge >= 0.3 is 0 Å². The zero-order chi connectivity index (χ0) is 20.3. The molecular formula is C19H26F3N3O3. The number of likely N-dealkylation sites (N-methyl/N-ethyl adjacent to an activating group) is 1. The predicted molar refractivity (Wildman–Crippen MR) is 96.1 cm³/mol. The molecule has 28 heavy (non-hydrogen) atoms. The lowest BCUT2D eigenvalue weighted by Gasteiger charge is -2.28. The highest BCUT2D eigenvalue weighted by Gasteiger charge is 2.36. The predicted octanol–water partition coefficient (Wildman–Crippen LogP) is 2.90. The van der Waals surface area contributed by atoms with E-state index in [2.05, 4.69) is 10.3 Å². The topological polar surface area (TPSA) is 63.7 Å². The van der Waals surface area contributed by atoms with Crippen LogP contribution in [-0.2, 0) is 11.3 Å². The van der Waals surface area contributed by atoms with Gasteiger partial charge in [-0.3, -0.25) is 4.79 Å². The van der Waals surface area contributed by atoms with Crippen LogP contribution in [0.4, 0.5) is 13.2 Å². The molecule has 1 saturated carbocycles. The monoisotopic (exact) mass is 401 g/mol. The number of aromatic nitrogens is 1. The molecule has 2 heterocycles. The third-order valence-corrected chi connectivity index (χ3v) is 5.26. The van der Waals surface area contributed by atoms with Crippen LogP contribution in [0.3, 0.4) is 0 Å². The Morgan fingerprint density at radius 1 is 1.32 bits per heavy atom. The molecule has 1 aliphatic carbocycles. The third-order valence-electron chi connectivity index (χ3n) is 5.26. The van der Waals surface area contributed by atoms with Crippen molar-refractivity contribution in [1.82, 2.24) is 15.2 Å². The summed E-state index contributed by atoms with van der Waals surface area (Å²) < 4.78 is 51.8. The molecule has 2 fully saturated rings. The van der Waals surface area contributed by atoms with Crippen molar-refractivity contribution in [3.8, 4) is 11.8 Å². The number of carbonyl (C=O) groups is 1.